The molecular weight excluding hydrogens is 627 g/mol. The molecule has 3 amide bonds. The van der Waals surface area contributed by atoms with Gasteiger partial charge in [-0.3, -0.25) is 14.4 Å². The van der Waals surface area contributed by atoms with E-state index in [0.29, 0.717) is 33.5 Å². The predicted molar refractivity (Wildman–Crippen MR) is 180 cm³/mol. The lowest BCUT2D eigenvalue weighted by atomic mass is 10.1. The Morgan fingerprint density at radius 2 is 1.80 bits per heavy atom. The van der Waals surface area contributed by atoms with Crippen LogP contribution < -0.4 is 20.3 Å². The van der Waals surface area contributed by atoms with Gasteiger partial charge in [0.05, 0.1) is 17.3 Å². The first kappa shape index (κ1) is 32.2. The van der Waals surface area contributed by atoms with Crippen molar-refractivity contribution in [2.75, 3.05) is 23.8 Å². The number of amides is 3. The Morgan fingerprint density at radius 3 is 2.54 bits per heavy atom. The van der Waals surface area contributed by atoms with Crippen LogP contribution >= 0.6 is 23.2 Å². The average Bonchev–Trinajstić information content (AvgIpc) is 3.49. The highest BCUT2D eigenvalue weighted by Gasteiger charge is 2.19. The molecule has 0 fully saturated rings. The molecule has 0 aliphatic rings. The van der Waals surface area contributed by atoms with Crippen LogP contribution in [0.3, 0.4) is 0 Å². The number of aromatic nitrogens is 3. The molecule has 0 bridgehead atoms. The van der Waals surface area contributed by atoms with Crippen molar-refractivity contribution < 1.29 is 19.1 Å². The summed E-state index contributed by atoms with van der Waals surface area (Å²) in [6.45, 7) is 1.71. The number of ether oxygens (including phenoxy) is 1. The number of aryl methyl sites for hydroxylation is 2. The molecule has 2 N–H and O–H groups in total. The van der Waals surface area contributed by atoms with E-state index < -0.39 is 5.91 Å². The molecule has 3 aromatic carbocycles. The SMILES string of the molecule is Cc1ccc2cccc(OCc3c(Cl)ccc(N(C)C(=O)CNC(=O)C=Cc4ccc(NC(=O)c5nccn5C)cc4)c3Cl)c2n1. The van der Waals surface area contributed by atoms with E-state index in [1.54, 1.807) is 73.5 Å². The molecular formula is C34H30Cl2N6O4. The van der Waals surface area contributed by atoms with Gasteiger partial charge in [0.15, 0.2) is 5.82 Å². The fourth-order valence-corrected chi connectivity index (χ4v) is 5.16. The molecule has 46 heavy (non-hydrogen) atoms. The number of halogens is 2. The fraction of sp³-hybridized carbons (Fsp3) is 0.147. The van der Waals surface area contributed by atoms with Crippen LogP contribution in [0.1, 0.15) is 27.4 Å². The number of nitrogens with one attached hydrogen (secondary N) is 2. The topological polar surface area (TPSA) is 118 Å². The Hall–Kier alpha value is -5.19. The van der Waals surface area contributed by atoms with Crippen LogP contribution in [0.2, 0.25) is 10.0 Å². The number of carbonyl (C=O) groups excluding carboxylic acids is 3. The van der Waals surface area contributed by atoms with Crippen molar-refractivity contribution in [3.63, 3.8) is 0 Å². The minimum absolute atomic E-state index is 0.0568. The smallest absolute Gasteiger partial charge is 0.291 e. The molecule has 0 spiro atoms. The molecule has 2 aromatic heterocycles. The largest absolute Gasteiger partial charge is 0.487 e. The maximum atomic E-state index is 13.0. The first-order valence-electron chi connectivity index (χ1n) is 14.2. The Balaban J connectivity index is 1.16. The van der Waals surface area contributed by atoms with Gasteiger partial charge in [0, 0.05) is 59.9 Å². The van der Waals surface area contributed by atoms with E-state index in [1.165, 1.54) is 11.0 Å². The number of anilines is 2. The van der Waals surface area contributed by atoms with Crippen molar-refractivity contribution >= 4 is 69.3 Å². The maximum Gasteiger partial charge on any atom is 0.291 e. The van der Waals surface area contributed by atoms with Gasteiger partial charge in [0.2, 0.25) is 11.8 Å². The van der Waals surface area contributed by atoms with E-state index in [1.807, 2.05) is 37.3 Å². The summed E-state index contributed by atoms with van der Waals surface area (Å²) in [5, 5.41) is 6.96. The lowest BCUT2D eigenvalue weighted by molar-refractivity contribution is -0.122. The number of benzene rings is 3. The predicted octanol–water partition coefficient (Wildman–Crippen LogP) is 6.21. The fourth-order valence-electron chi connectivity index (χ4n) is 4.56. The van der Waals surface area contributed by atoms with E-state index in [2.05, 4.69) is 20.6 Å². The first-order chi connectivity index (χ1) is 22.1. The second-order valence-corrected chi connectivity index (χ2v) is 11.2. The van der Waals surface area contributed by atoms with Gasteiger partial charge in [0.1, 0.15) is 17.9 Å². The number of imidazole rings is 1. The van der Waals surface area contributed by atoms with Gasteiger partial charge in [-0.05, 0) is 55.0 Å². The van der Waals surface area contributed by atoms with Crippen molar-refractivity contribution in [1.29, 1.82) is 0 Å². The Morgan fingerprint density at radius 1 is 1.02 bits per heavy atom. The quantitative estimate of drug-likeness (QED) is 0.173. The third-order valence-corrected chi connectivity index (χ3v) is 7.91. The number of hydrogen-bond acceptors (Lipinski definition) is 6. The Bertz CT molecular complexity index is 1960. The summed E-state index contributed by atoms with van der Waals surface area (Å²) >= 11 is 13.2. The number of fused-ring (bicyclic) bond motifs is 1. The van der Waals surface area contributed by atoms with Gasteiger partial charge < -0.3 is 24.8 Å². The second kappa shape index (κ2) is 14.3. The van der Waals surface area contributed by atoms with E-state index in [-0.39, 0.29) is 30.0 Å². The molecule has 0 saturated heterocycles. The zero-order valence-electron chi connectivity index (χ0n) is 25.3. The first-order valence-corrected chi connectivity index (χ1v) is 14.9. The van der Waals surface area contributed by atoms with Crippen molar-refractivity contribution in [2.45, 2.75) is 13.5 Å². The molecule has 10 nitrogen and oxygen atoms in total. The minimum Gasteiger partial charge on any atom is -0.487 e. The third-order valence-electron chi connectivity index (χ3n) is 7.13. The summed E-state index contributed by atoms with van der Waals surface area (Å²) in [4.78, 5) is 47.7. The van der Waals surface area contributed by atoms with Gasteiger partial charge >= 0.3 is 0 Å². The van der Waals surface area contributed by atoms with Crippen LogP contribution in [0.5, 0.6) is 5.75 Å². The monoisotopic (exact) mass is 656 g/mol. The van der Waals surface area contributed by atoms with Gasteiger partial charge in [-0.25, -0.2) is 9.97 Å². The van der Waals surface area contributed by atoms with E-state index in [9.17, 15) is 14.4 Å². The highest BCUT2D eigenvalue weighted by molar-refractivity contribution is 6.38. The van der Waals surface area contributed by atoms with Crippen molar-refractivity contribution in [2.24, 2.45) is 7.05 Å². The Kier molecular flexibility index (Phi) is 10.00. The Labute approximate surface area is 275 Å². The number of likely N-dealkylation sites (N-methyl/N-ethyl adjacent to an activating group) is 1. The van der Waals surface area contributed by atoms with Crippen molar-refractivity contribution in [3.8, 4) is 5.75 Å². The van der Waals surface area contributed by atoms with Crippen LogP contribution in [0.15, 0.2) is 85.2 Å². The molecule has 5 aromatic rings. The summed E-state index contributed by atoms with van der Waals surface area (Å²) in [5.41, 5.74) is 3.83. The molecule has 0 unspecified atom stereocenters. The number of pyridine rings is 1. The lowest BCUT2D eigenvalue weighted by Gasteiger charge is -2.21. The highest BCUT2D eigenvalue weighted by atomic mass is 35.5. The molecule has 5 rings (SSSR count). The summed E-state index contributed by atoms with van der Waals surface area (Å²) < 4.78 is 7.70. The van der Waals surface area contributed by atoms with E-state index in [0.717, 1.165) is 22.2 Å². The van der Waals surface area contributed by atoms with Crippen LogP contribution in [0, 0.1) is 6.92 Å². The maximum absolute atomic E-state index is 13.0. The molecule has 0 saturated carbocycles. The van der Waals surface area contributed by atoms with Crippen molar-refractivity contribution in [1.82, 2.24) is 19.9 Å². The van der Waals surface area contributed by atoms with Crippen LogP contribution in [-0.4, -0.2) is 45.8 Å². The molecule has 0 aliphatic carbocycles. The standard InChI is InChI=1S/C34H30Cl2N6O4/c1-21-7-11-23-5-4-6-28(32(23)39-21)46-20-25-26(35)14-15-27(31(25)36)42(3)30(44)19-38-29(43)16-10-22-8-12-24(13-9-22)40-34(45)33-37-17-18-41(33)2/h4-18H,19-20H2,1-3H3,(H,38,43)(H,40,45). The summed E-state index contributed by atoms with van der Waals surface area (Å²) in [5.74, 6) is -0.299. The average molecular weight is 658 g/mol. The van der Waals surface area contributed by atoms with E-state index >= 15 is 0 Å². The minimum atomic E-state index is -0.455. The summed E-state index contributed by atoms with van der Waals surface area (Å²) in [6, 6.07) is 19.8. The van der Waals surface area contributed by atoms with E-state index in [4.69, 9.17) is 27.9 Å². The van der Waals surface area contributed by atoms with Gasteiger partial charge in [0.25, 0.3) is 5.91 Å². The van der Waals surface area contributed by atoms with Crippen LogP contribution in [0.25, 0.3) is 17.0 Å². The molecule has 234 valence electrons. The molecule has 2 heterocycles. The molecule has 0 radical (unpaired) electrons. The molecule has 0 atom stereocenters. The number of rotatable bonds is 10. The normalized spacial score (nSPS) is 11.1. The van der Waals surface area contributed by atoms with Crippen LogP contribution in [0.4, 0.5) is 11.4 Å². The van der Waals surface area contributed by atoms with Crippen molar-refractivity contribution in [3.05, 3.63) is 118 Å². The van der Waals surface area contributed by atoms with Gasteiger partial charge in [-0.2, -0.15) is 0 Å². The zero-order chi connectivity index (χ0) is 32.8. The summed E-state index contributed by atoms with van der Waals surface area (Å²) in [7, 11) is 3.30. The molecule has 0 aliphatic heterocycles. The zero-order valence-corrected chi connectivity index (χ0v) is 26.8. The summed E-state index contributed by atoms with van der Waals surface area (Å²) in [6.07, 6.45) is 6.16. The second-order valence-electron chi connectivity index (χ2n) is 10.4. The van der Waals surface area contributed by atoms with Crippen LogP contribution in [-0.2, 0) is 23.2 Å². The number of para-hydroxylation sites is 1. The number of nitrogens with zero attached hydrogens (tertiary/aromatic N) is 4. The third kappa shape index (κ3) is 7.53. The van der Waals surface area contributed by atoms with Gasteiger partial charge in [-0.1, -0.05) is 53.5 Å². The molecule has 12 heteroatoms. The van der Waals surface area contributed by atoms with Gasteiger partial charge in [-0.15, -0.1) is 0 Å². The number of carbonyl (C=O) groups is 3. The highest BCUT2D eigenvalue weighted by Crippen LogP contribution is 2.35. The number of hydrogen-bond donors (Lipinski definition) is 2. The lowest BCUT2D eigenvalue weighted by Crippen LogP contribution is -2.37.